The fourth-order valence-electron chi connectivity index (χ4n) is 4.60. The number of benzene rings is 1. The lowest BCUT2D eigenvalue weighted by Gasteiger charge is -2.34. The molecule has 3 aromatic rings. The molecule has 2 aliphatic heterocycles. The highest BCUT2D eigenvalue weighted by molar-refractivity contribution is 7.89. The normalized spacial score (nSPS) is 20.8. The van der Waals surface area contributed by atoms with E-state index < -0.39 is 10.0 Å². The molecule has 2 aromatic heterocycles. The van der Waals surface area contributed by atoms with Crippen LogP contribution in [-0.4, -0.2) is 53.1 Å². The first-order chi connectivity index (χ1) is 15.4. The van der Waals surface area contributed by atoms with E-state index >= 15 is 0 Å². The Hall–Kier alpha value is -2.07. The molecule has 168 valence electrons. The van der Waals surface area contributed by atoms with Gasteiger partial charge >= 0.3 is 0 Å². The Kier molecular flexibility index (Phi) is 5.92. The van der Waals surface area contributed by atoms with E-state index in [9.17, 15) is 13.2 Å². The third-order valence-electron chi connectivity index (χ3n) is 6.28. The molecule has 4 heterocycles. The third-order valence-corrected chi connectivity index (χ3v) is 9.76. The van der Waals surface area contributed by atoms with Crippen LogP contribution in [0.3, 0.4) is 0 Å². The highest BCUT2D eigenvalue weighted by atomic mass is 35.5. The minimum Gasteiger partial charge on any atom is -0.333 e. The lowest BCUT2D eigenvalue weighted by Crippen LogP contribution is -2.44. The van der Waals surface area contributed by atoms with E-state index in [4.69, 9.17) is 16.6 Å². The Balaban J connectivity index is 1.28. The van der Waals surface area contributed by atoms with Crippen LogP contribution in [0.4, 0.5) is 0 Å². The van der Waals surface area contributed by atoms with E-state index in [1.807, 2.05) is 23.1 Å². The summed E-state index contributed by atoms with van der Waals surface area (Å²) in [5, 5.41) is 0.963. The molecule has 1 amide bonds. The quantitative estimate of drug-likeness (QED) is 0.514. The molecule has 5 rings (SSSR count). The zero-order chi connectivity index (χ0) is 22.3. The van der Waals surface area contributed by atoms with Gasteiger partial charge in [0.05, 0.1) is 16.3 Å². The summed E-state index contributed by atoms with van der Waals surface area (Å²) in [6, 6.07) is 11.1. The Labute approximate surface area is 196 Å². The molecule has 0 aliphatic carbocycles. The molecule has 0 N–H and O–H groups in total. The molecule has 7 nitrogen and oxygen atoms in total. The zero-order valence-corrected chi connectivity index (χ0v) is 19.7. The van der Waals surface area contributed by atoms with Crippen molar-refractivity contribution in [1.82, 2.24) is 19.2 Å². The summed E-state index contributed by atoms with van der Waals surface area (Å²) >= 11 is 7.67. The summed E-state index contributed by atoms with van der Waals surface area (Å²) in [6.07, 6.45) is 4.33. The van der Waals surface area contributed by atoms with Gasteiger partial charge in [0.15, 0.2) is 0 Å². The van der Waals surface area contributed by atoms with Gasteiger partial charge in [0.25, 0.3) is 0 Å². The number of amides is 1. The minimum atomic E-state index is -3.72. The second kappa shape index (κ2) is 8.70. The molecule has 1 unspecified atom stereocenters. The predicted molar refractivity (Wildman–Crippen MR) is 124 cm³/mol. The maximum atomic E-state index is 13.4. The maximum Gasteiger partial charge on any atom is 0.246 e. The van der Waals surface area contributed by atoms with Crippen LogP contribution in [0, 0.1) is 5.92 Å². The second-order valence-corrected chi connectivity index (χ2v) is 11.5. The largest absolute Gasteiger partial charge is 0.333 e. The number of thiazole rings is 1. The molecule has 32 heavy (non-hydrogen) atoms. The molecule has 0 spiro atoms. The van der Waals surface area contributed by atoms with Crippen molar-refractivity contribution in [2.75, 3.05) is 19.6 Å². The number of rotatable bonds is 4. The molecule has 2 aliphatic rings. The summed E-state index contributed by atoms with van der Waals surface area (Å²) in [6.45, 7) is 1.32. The average Bonchev–Trinajstić information content (AvgIpc) is 3.46. The van der Waals surface area contributed by atoms with Crippen molar-refractivity contribution in [1.29, 1.82) is 0 Å². The first-order valence-electron chi connectivity index (χ1n) is 10.7. The second-order valence-electron chi connectivity index (χ2n) is 8.18. The topological polar surface area (TPSA) is 83.5 Å². The van der Waals surface area contributed by atoms with Crippen LogP contribution in [0.1, 0.15) is 36.7 Å². The molecular formula is C22H23ClN4O3S2. The first kappa shape index (κ1) is 21.8. The number of para-hydroxylation sites is 1. The van der Waals surface area contributed by atoms with Gasteiger partial charge in [-0.15, -0.1) is 11.3 Å². The zero-order valence-electron chi connectivity index (χ0n) is 17.4. The van der Waals surface area contributed by atoms with Gasteiger partial charge in [-0.05, 0) is 49.9 Å². The van der Waals surface area contributed by atoms with Crippen molar-refractivity contribution in [2.45, 2.75) is 36.6 Å². The van der Waals surface area contributed by atoms with Crippen LogP contribution in [0.25, 0.3) is 10.2 Å². The van der Waals surface area contributed by atoms with Crippen LogP contribution in [0.5, 0.6) is 0 Å². The Morgan fingerprint density at radius 1 is 1.06 bits per heavy atom. The van der Waals surface area contributed by atoms with Crippen LogP contribution in [-0.2, 0) is 14.8 Å². The van der Waals surface area contributed by atoms with Crippen molar-refractivity contribution >= 4 is 49.1 Å². The number of carbonyl (C=O) groups excluding carboxylic acids is 1. The lowest BCUT2D eigenvalue weighted by molar-refractivity contribution is -0.137. The van der Waals surface area contributed by atoms with Crippen molar-refractivity contribution in [2.24, 2.45) is 5.92 Å². The van der Waals surface area contributed by atoms with Gasteiger partial charge in [-0.3, -0.25) is 4.79 Å². The summed E-state index contributed by atoms with van der Waals surface area (Å²) in [5.41, 5.74) is 0.972. The maximum absolute atomic E-state index is 13.4. The lowest BCUT2D eigenvalue weighted by atomic mass is 9.96. The number of pyridine rings is 1. The van der Waals surface area contributed by atoms with Gasteiger partial charge in [0, 0.05) is 31.7 Å². The van der Waals surface area contributed by atoms with Crippen LogP contribution in [0.2, 0.25) is 5.15 Å². The van der Waals surface area contributed by atoms with Crippen LogP contribution in [0.15, 0.2) is 47.5 Å². The molecule has 1 aromatic carbocycles. The van der Waals surface area contributed by atoms with Gasteiger partial charge in [-0.2, -0.15) is 4.31 Å². The van der Waals surface area contributed by atoms with E-state index in [2.05, 4.69) is 11.1 Å². The number of fused-ring (bicyclic) bond motifs is 1. The van der Waals surface area contributed by atoms with E-state index in [1.54, 1.807) is 17.4 Å². The minimum absolute atomic E-state index is 0.0101. The average molecular weight is 491 g/mol. The third kappa shape index (κ3) is 3.91. The predicted octanol–water partition coefficient (Wildman–Crippen LogP) is 4.11. The Morgan fingerprint density at radius 2 is 1.84 bits per heavy atom. The van der Waals surface area contributed by atoms with E-state index in [-0.39, 0.29) is 27.9 Å². The van der Waals surface area contributed by atoms with Crippen molar-refractivity contribution in [3.8, 4) is 0 Å². The van der Waals surface area contributed by atoms with Gasteiger partial charge in [0.1, 0.15) is 15.1 Å². The monoisotopic (exact) mass is 490 g/mol. The highest BCUT2D eigenvalue weighted by Crippen LogP contribution is 2.38. The number of nitrogens with zero attached hydrogens (tertiary/aromatic N) is 4. The smallest absolute Gasteiger partial charge is 0.246 e. The summed E-state index contributed by atoms with van der Waals surface area (Å²) in [7, 11) is -3.72. The van der Waals surface area contributed by atoms with E-state index in [0.717, 1.165) is 34.6 Å². The van der Waals surface area contributed by atoms with Gasteiger partial charge in [-0.1, -0.05) is 23.7 Å². The van der Waals surface area contributed by atoms with Crippen molar-refractivity contribution < 1.29 is 13.2 Å². The number of likely N-dealkylation sites (tertiary alicyclic amines) is 1. The van der Waals surface area contributed by atoms with E-state index in [0.29, 0.717) is 25.9 Å². The molecule has 2 saturated heterocycles. The van der Waals surface area contributed by atoms with Crippen molar-refractivity contribution in [3.63, 3.8) is 0 Å². The highest BCUT2D eigenvalue weighted by Gasteiger charge is 2.39. The summed E-state index contributed by atoms with van der Waals surface area (Å²) < 4.78 is 28.5. The summed E-state index contributed by atoms with van der Waals surface area (Å²) in [4.78, 5) is 24.0. The fraction of sp³-hybridized carbons (Fsp3) is 0.409. The fourth-order valence-corrected chi connectivity index (χ4v) is 7.61. The van der Waals surface area contributed by atoms with Crippen LogP contribution < -0.4 is 0 Å². The van der Waals surface area contributed by atoms with Gasteiger partial charge in [0.2, 0.25) is 15.9 Å². The Morgan fingerprint density at radius 3 is 2.59 bits per heavy atom. The number of piperidine rings is 1. The molecule has 1 atom stereocenters. The Bertz CT molecular complexity index is 1220. The van der Waals surface area contributed by atoms with E-state index in [1.165, 1.54) is 16.6 Å². The molecule has 0 saturated carbocycles. The number of sulfonamides is 1. The molecule has 0 bridgehead atoms. The number of aromatic nitrogens is 2. The number of halogens is 1. The molecule has 0 radical (unpaired) electrons. The van der Waals surface area contributed by atoms with Crippen molar-refractivity contribution in [3.05, 3.63) is 52.8 Å². The first-order valence-corrected chi connectivity index (χ1v) is 13.4. The molecule has 2 fully saturated rings. The van der Waals surface area contributed by atoms with Gasteiger partial charge < -0.3 is 4.90 Å². The molecule has 10 heteroatoms. The number of carbonyl (C=O) groups is 1. The standard InChI is InChI=1S/C22H23ClN4O3S2/c23-20-19(8-3-11-24-20)32(29,30)26-13-9-15(10-14-26)22(28)27-12-4-6-17(27)21-25-16-5-1-2-7-18(16)31-21/h1-3,5,7-8,11,15,17H,4,6,9-10,12-14H2. The number of hydrogen-bond acceptors (Lipinski definition) is 6. The SMILES string of the molecule is O=C(C1CCN(S(=O)(=O)c2cccnc2Cl)CC1)N1CCCC1c1nc2ccccc2s1. The molecular weight excluding hydrogens is 468 g/mol. The van der Waals surface area contributed by atoms with Crippen LogP contribution >= 0.6 is 22.9 Å². The van der Waals surface area contributed by atoms with Gasteiger partial charge in [-0.25, -0.2) is 18.4 Å². The summed E-state index contributed by atoms with van der Waals surface area (Å²) in [5.74, 6) is -0.0657. The number of hydrogen-bond donors (Lipinski definition) is 0.